The summed E-state index contributed by atoms with van der Waals surface area (Å²) in [6, 6.07) is -0.119. The number of piperazine rings is 1. The van der Waals surface area contributed by atoms with E-state index >= 15 is 0 Å². The molecule has 0 aliphatic carbocycles. The van der Waals surface area contributed by atoms with Gasteiger partial charge in [0.25, 0.3) is 0 Å². The van der Waals surface area contributed by atoms with Crippen LogP contribution in [0.25, 0.3) is 0 Å². The highest BCUT2D eigenvalue weighted by molar-refractivity contribution is 5.78. The molecule has 1 aromatic rings. The standard InChI is InChI=1S/C13H24N6O/c1-4-18-5-7-19(8-6-18)9-12(20)16-11(2)13-14-10-15-17(13)3/h10-11H,4-9H2,1-3H3,(H,16,20). The average Bonchev–Trinajstić information content (AvgIpc) is 2.86. The summed E-state index contributed by atoms with van der Waals surface area (Å²) >= 11 is 0. The number of hydrogen-bond acceptors (Lipinski definition) is 5. The minimum absolute atomic E-state index is 0.0467. The van der Waals surface area contributed by atoms with Crippen LogP contribution in [0.15, 0.2) is 6.33 Å². The quantitative estimate of drug-likeness (QED) is 0.797. The lowest BCUT2D eigenvalue weighted by Gasteiger charge is -2.33. The van der Waals surface area contributed by atoms with Gasteiger partial charge >= 0.3 is 0 Å². The molecule has 7 nitrogen and oxygen atoms in total. The third-order valence-corrected chi connectivity index (χ3v) is 3.79. The van der Waals surface area contributed by atoms with E-state index < -0.39 is 0 Å². The first-order valence-electron chi connectivity index (χ1n) is 7.18. The van der Waals surface area contributed by atoms with Crippen LogP contribution in [-0.2, 0) is 11.8 Å². The molecule has 1 atom stereocenters. The van der Waals surface area contributed by atoms with E-state index in [1.54, 1.807) is 4.68 Å². The van der Waals surface area contributed by atoms with Crippen LogP contribution in [-0.4, -0.2) is 69.7 Å². The first-order chi connectivity index (χ1) is 9.60. The van der Waals surface area contributed by atoms with E-state index in [0.29, 0.717) is 6.54 Å². The van der Waals surface area contributed by atoms with Gasteiger partial charge in [0.15, 0.2) is 0 Å². The minimum Gasteiger partial charge on any atom is -0.345 e. The summed E-state index contributed by atoms with van der Waals surface area (Å²) in [6.07, 6.45) is 1.50. The molecule has 1 amide bonds. The zero-order chi connectivity index (χ0) is 14.5. The maximum atomic E-state index is 12.1. The first kappa shape index (κ1) is 14.9. The third kappa shape index (κ3) is 3.77. The Kier molecular flexibility index (Phi) is 5.08. The van der Waals surface area contributed by atoms with Gasteiger partial charge in [0, 0.05) is 33.2 Å². The number of nitrogens with one attached hydrogen (secondary N) is 1. The monoisotopic (exact) mass is 280 g/mol. The van der Waals surface area contributed by atoms with E-state index in [-0.39, 0.29) is 11.9 Å². The highest BCUT2D eigenvalue weighted by Crippen LogP contribution is 2.07. The van der Waals surface area contributed by atoms with Crippen molar-refractivity contribution < 1.29 is 4.79 Å². The Morgan fingerprint density at radius 2 is 2.00 bits per heavy atom. The summed E-state index contributed by atoms with van der Waals surface area (Å²) in [5, 5.41) is 6.99. The van der Waals surface area contributed by atoms with Gasteiger partial charge in [0.2, 0.25) is 5.91 Å². The largest absolute Gasteiger partial charge is 0.345 e. The minimum atomic E-state index is -0.119. The molecule has 1 unspecified atom stereocenters. The lowest BCUT2D eigenvalue weighted by atomic mass is 10.3. The Hall–Kier alpha value is -1.47. The molecule has 1 aromatic heterocycles. The van der Waals surface area contributed by atoms with Crippen LogP contribution in [0.5, 0.6) is 0 Å². The summed E-state index contributed by atoms with van der Waals surface area (Å²) in [4.78, 5) is 20.8. The van der Waals surface area contributed by atoms with Gasteiger partial charge in [-0.2, -0.15) is 5.10 Å². The zero-order valence-electron chi connectivity index (χ0n) is 12.5. The van der Waals surface area contributed by atoms with Gasteiger partial charge in [-0.3, -0.25) is 14.4 Å². The van der Waals surface area contributed by atoms with Gasteiger partial charge in [0.1, 0.15) is 12.2 Å². The third-order valence-electron chi connectivity index (χ3n) is 3.79. The van der Waals surface area contributed by atoms with Crippen LogP contribution < -0.4 is 5.32 Å². The zero-order valence-corrected chi connectivity index (χ0v) is 12.5. The van der Waals surface area contributed by atoms with E-state index in [1.165, 1.54) is 6.33 Å². The number of hydrogen-bond donors (Lipinski definition) is 1. The molecule has 7 heteroatoms. The van der Waals surface area contributed by atoms with Crippen molar-refractivity contribution in [1.29, 1.82) is 0 Å². The Morgan fingerprint density at radius 3 is 2.55 bits per heavy atom. The van der Waals surface area contributed by atoms with Gasteiger partial charge in [-0.15, -0.1) is 0 Å². The Balaban J connectivity index is 1.77. The summed E-state index contributed by atoms with van der Waals surface area (Å²) in [5.41, 5.74) is 0. The summed E-state index contributed by atoms with van der Waals surface area (Å²) in [5.74, 6) is 0.819. The fourth-order valence-electron chi connectivity index (χ4n) is 2.52. The molecular formula is C13H24N6O. The summed E-state index contributed by atoms with van der Waals surface area (Å²) in [7, 11) is 1.83. The Labute approximate surface area is 119 Å². The number of likely N-dealkylation sites (N-methyl/N-ethyl adjacent to an activating group) is 1. The normalized spacial score (nSPS) is 18.9. The topological polar surface area (TPSA) is 66.3 Å². The second-order valence-corrected chi connectivity index (χ2v) is 5.24. The lowest BCUT2D eigenvalue weighted by molar-refractivity contribution is -0.123. The van der Waals surface area contributed by atoms with E-state index in [2.05, 4.69) is 32.1 Å². The molecule has 1 saturated heterocycles. The number of rotatable bonds is 5. The number of aromatic nitrogens is 3. The molecule has 0 aromatic carbocycles. The number of carbonyl (C=O) groups is 1. The molecule has 1 fully saturated rings. The Bertz CT molecular complexity index is 438. The van der Waals surface area contributed by atoms with Crippen LogP contribution in [0.1, 0.15) is 25.7 Å². The molecule has 1 aliphatic rings. The first-order valence-corrected chi connectivity index (χ1v) is 7.18. The van der Waals surface area contributed by atoms with Gasteiger partial charge in [0.05, 0.1) is 12.6 Å². The molecule has 0 spiro atoms. The second kappa shape index (κ2) is 6.81. The summed E-state index contributed by atoms with van der Waals surface area (Å²) < 4.78 is 1.69. The van der Waals surface area contributed by atoms with Crippen LogP contribution in [0.3, 0.4) is 0 Å². The maximum Gasteiger partial charge on any atom is 0.234 e. The second-order valence-electron chi connectivity index (χ2n) is 5.24. The molecule has 0 saturated carbocycles. The lowest BCUT2D eigenvalue weighted by Crippen LogP contribution is -2.49. The van der Waals surface area contributed by atoms with E-state index in [9.17, 15) is 4.79 Å². The van der Waals surface area contributed by atoms with Crippen molar-refractivity contribution in [3.8, 4) is 0 Å². The highest BCUT2D eigenvalue weighted by atomic mass is 16.2. The fraction of sp³-hybridized carbons (Fsp3) is 0.769. The highest BCUT2D eigenvalue weighted by Gasteiger charge is 2.19. The Morgan fingerprint density at radius 1 is 1.35 bits per heavy atom. The molecule has 2 heterocycles. The van der Waals surface area contributed by atoms with Crippen molar-refractivity contribution in [3.63, 3.8) is 0 Å². The SMILES string of the molecule is CCN1CCN(CC(=O)NC(C)c2ncnn2C)CC1. The smallest absolute Gasteiger partial charge is 0.234 e. The van der Waals surface area contributed by atoms with E-state index in [0.717, 1.165) is 38.5 Å². The molecular weight excluding hydrogens is 256 g/mol. The van der Waals surface area contributed by atoms with Crippen LogP contribution >= 0.6 is 0 Å². The van der Waals surface area contributed by atoms with Crippen molar-refractivity contribution in [1.82, 2.24) is 29.9 Å². The van der Waals surface area contributed by atoms with Crippen molar-refractivity contribution in [2.45, 2.75) is 19.9 Å². The van der Waals surface area contributed by atoms with Crippen LogP contribution in [0.2, 0.25) is 0 Å². The predicted octanol–water partition coefficient (Wildman–Crippen LogP) is -0.370. The average molecular weight is 280 g/mol. The fourth-order valence-corrected chi connectivity index (χ4v) is 2.52. The molecule has 0 radical (unpaired) electrons. The molecule has 1 N–H and O–H groups in total. The van der Waals surface area contributed by atoms with E-state index in [4.69, 9.17) is 0 Å². The number of aryl methyl sites for hydroxylation is 1. The molecule has 0 bridgehead atoms. The van der Waals surface area contributed by atoms with Gasteiger partial charge in [-0.1, -0.05) is 6.92 Å². The maximum absolute atomic E-state index is 12.1. The van der Waals surface area contributed by atoms with Crippen molar-refractivity contribution >= 4 is 5.91 Å². The van der Waals surface area contributed by atoms with Crippen LogP contribution in [0.4, 0.5) is 0 Å². The van der Waals surface area contributed by atoms with Crippen LogP contribution in [0, 0.1) is 0 Å². The van der Waals surface area contributed by atoms with Crippen molar-refractivity contribution in [3.05, 3.63) is 12.2 Å². The van der Waals surface area contributed by atoms with Gasteiger partial charge in [-0.05, 0) is 13.5 Å². The van der Waals surface area contributed by atoms with Gasteiger partial charge in [-0.25, -0.2) is 4.98 Å². The number of amides is 1. The van der Waals surface area contributed by atoms with E-state index in [1.807, 2.05) is 14.0 Å². The van der Waals surface area contributed by atoms with Gasteiger partial charge < -0.3 is 10.2 Å². The molecule has 112 valence electrons. The van der Waals surface area contributed by atoms with Crippen molar-refractivity contribution in [2.24, 2.45) is 7.05 Å². The molecule has 20 heavy (non-hydrogen) atoms. The number of carbonyl (C=O) groups excluding carboxylic acids is 1. The van der Waals surface area contributed by atoms with Crippen molar-refractivity contribution in [2.75, 3.05) is 39.3 Å². The number of nitrogens with zero attached hydrogens (tertiary/aromatic N) is 5. The summed E-state index contributed by atoms with van der Waals surface area (Å²) in [6.45, 7) is 9.65. The predicted molar refractivity (Wildman–Crippen MR) is 76.1 cm³/mol. The molecule has 2 rings (SSSR count). The molecule has 1 aliphatic heterocycles.